The average molecular weight is 999 g/mol. The fourth-order valence-electron chi connectivity index (χ4n) is 12.2. The van der Waals surface area contributed by atoms with Gasteiger partial charge in [0.05, 0.1) is 41.3 Å². The van der Waals surface area contributed by atoms with E-state index < -0.39 is 21.7 Å². The van der Waals surface area contributed by atoms with Crippen LogP contribution in [0.1, 0.15) is 114 Å². The summed E-state index contributed by atoms with van der Waals surface area (Å²) < 4.78 is 68.3. The average Bonchev–Trinajstić information content (AvgIpc) is 2.79. The third-order valence-corrected chi connectivity index (χ3v) is 18.2. The predicted octanol–water partition coefficient (Wildman–Crippen LogP) is 21.2. The zero-order valence-corrected chi connectivity index (χ0v) is 45.7. The van der Waals surface area contributed by atoms with Gasteiger partial charge in [0.2, 0.25) is 0 Å². The molecule has 0 aliphatic carbocycles. The van der Waals surface area contributed by atoms with Gasteiger partial charge in [0, 0.05) is 83.4 Å². The van der Waals surface area contributed by atoms with Crippen LogP contribution < -0.4 is 0 Å². The van der Waals surface area contributed by atoms with E-state index in [9.17, 15) is 8.22 Å². The van der Waals surface area contributed by atoms with Crippen LogP contribution >= 0.6 is 22.7 Å². The first-order valence-electron chi connectivity index (χ1n) is 29.1. The lowest BCUT2D eigenvalue weighted by molar-refractivity contribution is 0.568. The summed E-state index contributed by atoms with van der Waals surface area (Å²) in [7, 11) is 0. The van der Waals surface area contributed by atoms with Gasteiger partial charge in [0.25, 0.3) is 0 Å². The van der Waals surface area contributed by atoms with Gasteiger partial charge in [-0.2, -0.15) is 0 Å². The maximum Gasteiger partial charge on any atom is 0.0632 e. The first kappa shape index (κ1) is 38.6. The van der Waals surface area contributed by atoms with Gasteiger partial charge in [-0.25, -0.2) is 0 Å². The Balaban J connectivity index is 1.11. The molecule has 0 saturated heterocycles. The molecule has 0 fully saturated rings. The minimum absolute atomic E-state index is 0.246. The number of rotatable bonds is 2. The van der Waals surface area contributed by atoms with Gasteiger partial charge in [-0.3, -0.25) is 0 Å². The quantitative estimate of drug-likeness (QED) is 0.163. The summed E-state index contributed by atoms with van der Waals surface area (Å²) in [5, 5.41) is 14.1. The molecule has 0 spiro atoms. The van der Waals surface area contributed by atoms with E-state index in [4.69, 9.17) is 0 Å². The van der Waals surface area contributed by atoms with Gasteiger partial charge >= 0.3 is 0 Å². The maximum atomic E-state index is 9.86. The second-order valence-corrected chi connectivity index (χ2v) is 27.4. The Hall–Kier alpha value is -6.98. The Morgan fingerprint density at radius 1 is 0.311 bits per heavy atom. The molecule has 15 aromatic rings. The minimum Gasteiger partial charge on any atom is -0.308 e. The number of fused-ring (bicyclic) bond motifs is 20. The molecule has 0 atom stereocenters. The molecule has 0 aliphatic rings. The summed E-state index contributed by atoms with van der Waals surface area (Å²) in [6, 6.07) is 41.8. The summed E-state index contributed by atoms with van der Waals surface area (Å²) in [5.41, 5.74) is 9.88. The molecule has 6 aromatic heterocycles. The van der Waals surface area contributed by atoms with Crippen molar-refractivity contribution in [2.45, 2.75) is 105 Å². The molecule has 0 amide bonds. The first-order valence-corrected chi connectivity index (χ1v) is 27.7. The molecule has 0 saturated carbocycles. The predicted molar refractivity (Wildman–Crippen MR) is 327 cm³/mol. The standard InChI is InChI=1S/C70H60N2S2/c1-67(2,3)41-25-39(26-42(31-41)68(4,5)6)37-21-23-45-53(29-37)71-55-33-50-52-36-60-62(48-18-14-16-20-58(48)74-60)64-46-24-22-38(40-27-43(69(7,8)9)32-44(28-40)70(10,11)12)30-54(46)72(66(52)64)56(50)34-49(55)51-35-59-61(63(45)65(51)71)47-17-13-15-19-57(47)73-59/h13-36H,1-12H3/i25D,26D,27D,28D,31D,32D. The number of aromatic nitrogens is 2. The second-order valence-electron chi connectivity index (χ2n) is 25.3. The van der Waals surface area contributed by atoms with Crippen LogP contribution in [0.5, 0.6) is 0 Å². The molecule has 0 bridgehead atoms. The van der Waals surface area contributed by atoms with Gasteiger partial charge < -0.3 is 8.80 Å². The lowest BCUT2D eigenvalue weighted by Crippen LogP contribution is -2.16. The van der Waals surface area contributed by atoms with E-state index in [-0.39, 0.29) is 24.2 Å². The molecular weight excluding hydrogens is 933 g/mol. The van der Waals surface area contributed by atoms with E-state index >= 15 is 0 Å². The molecule has 362 valence electrons. The third-order valence-electron chi connectivity index (χ3n) is 16.0. The van der Waals surface area contributed by atoms with Crippen molar-refractivity contribution in [2.24, 2.45) is 0 Å². The molecule has 9 aromatic carbocycles. The van der Waals surface area contributed by atoms with Gasteiger partial charge in [0.1, 0.15) is 0 Å². The normalized spacial score (nSPS) is 14.8. The maximum absolute atomic E-state index is 9.86. The molecule has 0 aliphatic heterocycles. The highest BCUT2D eigenvalue weighted by Crippen LogP contribution is 2.52. The Morgan fingerprint density at radius 2 is 0.662 bits per heavy atom. The van der Waals surface area contributed by atoms with E-state index in [1.165, 1.54) is 51.1 Å². The van der Waals surface area contributed by atoms with Crippen molar-refractivity contribution in [3.63, 3.8) is 0 Å². The minimum atomic E-state index is -0.497. The SMILES string of the molecule is [2H]c1c(-c2ccc3c4c5c(cc6c7cc8c(cc7n(c3c2)c64)c2cc3sc4ccccc4c3c3c4ccc(-c6c([2H])c(C(C)(C)C)c([2H])c(C(C)(C)C)c6[2H])cc4n8c23)sc2ccccc25)c([2H])c(C(C)(C)C)c([2H])c1C(C)(C)C. The van der Waals surface area contributed by atoms with Gasteiger partial charge in [-0.05, 0) is 115 Å². The Kier molecular flexibility index (Phi) is 7.53. The van der Waals surface area contributed by atoms with Crippen LogP contribution in [0.3, 0.4) is 0 Å². The van der Waals surface area contributed by atoms with Crippen LogP contribution in [-0.2, 0) is 21.7 Å². The zero-order chi connectivity index (χ0) is 56.1. The second kappa shape index (κ2) is 14.4. The fraction of sp³-hybridized carbons (Fsp3) is 0.229. The summed E-state index contributed by atoms with van der Waals surface area (Å²) in [5.74, 6) is 0. The summed E-state index contributed by atoms with van der Waals surface area (Å²) in [6.07, 6.45) is 0. The lowest BCUT2D eigenvalue weighted by Gasteiger charge is -2.26. The van der Waals surface area contributed by atoms with Crippen LogP contribution in [0.15, 0.2) is 145 Å². The summed E-state index contributed by atoms with van der Waals surface area (Å²) in [6.45, 7) is 24.9. The fourth-order valence-corrected chi connectivity index (χ4v) is 14.5. The van der Waals surface area contributed by atoms with E-state index in [0.29, 0.717) is 45.5 Å². The van der Waals surface area contributed by atoms with Crippen molar-refractivity contribution >= 4 is 139 Å². The van der Waals surface area contributed by atoms with Gasteiger partial charge in [0.15, 0.2) is 0 Å². The summed E-state index contributed by atoms with van der Waals surface area (Å²) in [4.78, 5) is 0. The van der Waals surface area contributed by atoms with Crippen molar-refractivity contribution in [1.82, 2.24) is 8.80 Å². The molecule has 0 radical (unpaired) electrons. The van der Waals surface area contributed by atoms with Crippen molar-refractivity contribution < 1.29 is 8.22 Å². The number of hydrogen-bond acceptors (Lipinski definition) is 2. The third kappa shape index (κ3) is 6.10. The Morgan fingerprint density at radius 3 is 1.03 bits per heavy atom. The molecule has 0 N–H and O–H groups in total. The van der Waals surface area contributed by atoms with Crippen LogP contribution in [-0.4, -0.2) is 8.80 Å². The number of nitrogens with zero attached hydrogens (tertiary/aromatic N) is 2. The van der Waals surface area contributed by atoms with E-state index in [1.807, 2.05) is 22.7 Å². The van der Waals surface area contributed by atoms with Crippen LogP contribution in [0, 0.1) is 0 Å². The molecule has 0 unspecified atom stereocenters. The van der Waals surface area contributed by atoms with Gasteiger partial charge in [-0.1, -0.05) is 180 Å². The smallest absolute Gasteiger partial charge is 0.0632 e. The highest BCUT2D eigenvalue weighted by molar-refractivity contribution is 7.26. The highest BCUT2D eigenvalue weighted by atomic mass is 32.1. The topological polar surface area (TPSA) is 8.82 Å². The van der Waals surface area contributed by atoms with Gasteiger partial charge in [-0.15, -0.1) is 22.7 Å². The molecule has 4 heteroatoms. The van der Waals surface area contributed by atoms with Crippen LogP contribution in [0.2, 0.25) is 0 Å². The molecule has 74 heavy (non-hydrogen) atoms. The van der Waals surface area contributed by atoms with Crippen molar-refractivity contribution in [3.8, 4) is 22.3 Å². The van der Waals surface area contributed by atoms with Crippen LogP contribution in [0.25, 0.3) is 139 Å². The van der Waals surface area contributed by atoms with Crippen LogP contribution in [0.4, 0.5) is 0 Å². The van der Waals surface area contributed by atoms with E-state index in [0.717, 1.165) is 76.5 Å². The molecule has 15 rings (SSSR count). The number of thiophene rings is 2. The van der Waals surface area contributed by atoms with Crippen molar-refractivity contribution in [1.29, 1.82) is 0 Å². The summed E-state index contributed by atoms with van der Waals surface area (Å²) >= 11 is 3.66. The van der Waals surface area contributed by atoms with Crippen molar-refractivity contribution in [3.05, 3.63) is 168 Å². The van der Waals surface area contributed by atoms with E-state index in [1.54, 1.807) is 0 Å². The Bertz CT molecular complexity index is 4880. The number of hydrogen-bond donors (Lipinski definition) is 0. The Labute approximate surface area is 448 Å². The van der Waals surface area contributed by atoms with E-state index in [2.05, 4.69) is 201 Å². The lowest BCUT2D eigenvalue weighted by atomic mass is 9.79. The highest BCUT2D eigenvalue weighted by Gasteiger charge is 2.29. The monoisotopic (exact) mass is 998 g/mol. The molecular formula is C70H60N2S2. The molecule has 6 heterocycles. The largest absolute Gasteiger partial charge is 0.308 e. The zero-order valence-electron chi connectivity index (χ0n) is 50.1. The first-order chi connectivity index (χ1) is 37.8. The number of benzene rings is 9. The van der Waals surface area contributed by atoms with Crippen molar-refractivity contribution in [2.75, 3.05) is 0 Å². The molecule has 2 nitrogen and oxygen atoms in total.